The molecule has 9 heteroatoms. The van der Waals surface area contributed by atoms with Crippen LogP contribution in [-0.2, 0) is 25.7 Å². The Bertz CT molecular complexity index is 1430. The molecule has 0 aliphatic carbocycles. The summed E-state index contributed by atoms with van der Waals surface area (Å²) in [5, 5.41) is 16.5. The number of aliphatic hydroxyl groups is 1. The number of fused-ring (bicyclic) bond motifs is 1. The lowest BCUT2D eigenvalue weighted by atomic mass is 9.70. The van der Waals surface area contributed by atoms with E-state index in [2.05, 4.69) is 10.6 Å². The molecular weight excluding hydrogens is 534 g/mol. The summed E-state index contributed by atoms with van der Waals surface area (Å²) in [6.45, 7) is 2.33. The van der Waals surface area contributed by atoms with Crippen LogP contribution in [-0.4, -0.2) is 58.7 Å². The maximum Gasteiger partial charge on any atom is 0.246 e. The molecule has 9 nitrogen and oxygen atoms in total. The second-order valence-electron chi connectivity index (χ2n) is 11.1. The Morgan fingerprint density at radius 2 is 1.71 bits per heavy atom. The van der Waals surface area contributed by atoms with Crippen LogP contribution in [0.2, 0.25) is 0 Å². The van der Waals surface area contributed by atoms with E-state index in [4.69, 9.17) is 9.47 Å². The van der Waals surface area contributed by atoms with E-state index in [1.54, 1.807) is 24.3 Å². The smallest absolute Gasteiger partial charge is 0.246 e. The number of likely N-dealkylation sites (tertiary alicyclic amines) is 1. The largest absolute Gasteiger partial charge is 0.494 e. The van der Waals surface area contributed by atoms with Gasteiger partial charge in [0, 0.05) is 12.2 Å². The molecule has 3 amide bonds. The molecule has 3 aliphatic heterocycles. The molecule has 0 aromatic heterocycles. The molecule has 2 bridgehead atoms. The van der Waals surface area contributed by atoms with E-state index < -0.39 is 35.6 Å². The molecule has 1 spiro atoms. The summed E-state index contributed by atoms with van der Waals surface area (Å²) in [6.07, 6.45) is 0.530. The number of rotatable bonds is 10. The molecule has 3 fully saturated rings. The molecule has 3 aromatic carbocycles. The third-order valence-electron chi connectivity index (χ3n) is 8.72. The molecule has 3 N–H and O–H groups in total. The SMILES string of the molecule is CCOc1ccc(NC(=O)[C@@H]2[C@H]3C(=O)N([C@H](CO)c4ccccc4)C(C(=O)NCc4ccccc4)C34CC[C@H]2O4)cc1. The number of nitrogens with one attached hydrogen (secondary N) is 2. The Kier molecular flexibility index (Phi) is 7.70. The number of ether oxygens (including phenoxy) is 2. The van der Waals surface area contributed by atoms with Gasteiger partial charge in [-0.05, 0) is 55.2 Å². The monoisotopic (exact) mass is 569 g/mol. The average Bonchev–Trinajstić information content (AvgIpc) is 3.66. The third kappa shape index (κ3) is 4.82. The zero-order valence-electron chi connectivity index (χ0n) is 23.4. The van der Waals surface area contributed by atoms with Crippen molar-refractivity contribution in [2.75, 3.05) is 18.5 Å². The fraction of sp³-hybridized carbons (Fsp3) is 0.364. The molecule has 2 unspecified atom stereocenters. The topological polar surface area (TPSA) is 117 Å². The van der Waals surface area contributed by atoms with E-state index in [-0.39, 0.29) is 30.9 Å². The van der Waals surface area contributed by atoms with Crippen LogP contribution in [0.15, 0.2) is 84.9 Å². The summed E-state index contributed by atoms with van der Waals surface area (Å²) in [6, 6.07) is 24.0. The lowest BCUT2D eigenvalue weighted by Gasteiger charge is -2.36. The number of hydrogen-bond acceptors (Lipinski definition) is 6. The van der Waals surface area contributed by atoms with Gasteiger partial charge in [-0.3, -0.25) is 14.4 Å². The van der Waals surface area contributed by atoms with Crippen LogP contribution in [0, 0.1) is 11.8 Å². The first kappa shape index (κ1) is 27.9. The number of carbonyl (C=O) groups is 3. The van der Waals surface area contributed by atoms with E-state index >= 15 is 0 Å². The lowest BCUT2D eigenvalue weighted by molar-refractivity contribution is -0.145. The normalized spacial score (nSPS) is 26.5. The second kappa shape index (κ2) is 11.6. The number of hydrogen-bond donors (Lipinski definition) is 3. The standard InChI is InChI=1S/C33H35N3O6/c1-2-41-24-15-13-23(14-16-24)35-30(38)27-26-17-18-33(42-26)28(27)32(40)36(25(20-37)22-11-7-4-8-12-22)29(33)31(39)34-19-21-9-5-3-6-10-21/h3-16,25-29,37H,2,17-20H2,1H3,(H,34,39)(H,35,38)/t25-,26-,27+,28+,29?,33?/m1/s1. The van der Waals surface area contributed by atoms with E-state index in [0.717, 1.165) is 5.56 Å². The highest BCUT2D eigenvalue weighted by Gasteiger charge is 2.75. The van der Waals surface area contributed by atoms with Gasteiger partial charge >= 0.3 is 0 Å². The number of benzene rings is 3. The molecule has 218 valence electrons. The third-order valence-corrected chi connectivity index (χ3v) is 8.72. The highest BCUT2D eigenvalue weighted by atomic mass is 16.5. The molecular formula is C33H35N3O6. The van der Waals surface area contributed by atoms with E-state index in [0.29, 0.717) is 36.4 Å². The molecule has 0 saturated carbocycles. The van der Waals surface area contributed by atoms with Crippen molar-refractivity contribution in [3.8, 4) is 5.75 Å². The molecule has 3 aliphatic rings. The van der Waals surface area contributed by atoms with Gasteiger partial charge < -0.3 is 30.1 Å². The van der Waals surface area contributed by atoms with Crippen LogP contribution < -0.4 is 15.4 Å². The van der Waals surface area contributed by atoms with Gasteiger partial charge in [-0.15, -0.1) is 0 Å². The molecule has 6 rings (SSSR count). The molecule has 42 heavy (non-hydrogen) atoms. The van der Waals surface area contributed by atoms with Crippen molar-refractivity contribution in [2.24, 2.45) is 11.8 Å². The quantitative estimate of drug-likeness (QED) is 0.344. The van der Waals surface area contributed by atoms with Gasteiger partial charge in [0.1, 0.15) is 17.4 Å². The first-order chi connectivity index (χ1) is 20.5. The Morgan fingerprint density at radius 3 is 2.38 bits per heavy atom. The maximum atomic E-state index is 14.4. The maximum absolute atomic E-state index is 14.4. The molecule has 3 saturated heterocycles. The number of carbonyl (C=O) groups excluding carboxylic acids is 3. The Morgan fingerprint density at radius 1 is 1.02 bits per heavy atom. The van der Waals surface area contributed by atoms with Crippen LogP contribution in [0.4, 0.5) is 5.69 Å². The summed E-state index contributed by atoms with van der Waals surface area (Å²) in [7, 11) is 0. The van der Waals surface area contributed by atoms with Crippen molar-refractivity contribution >= 4 is 23.4 Å². The van der Waals surface area contributed by atoms with Crippen molar-refractivity contribution < 1.29 is 29.0 Å². The zero-order valence-corrected chi connectivity index (χ0v) is 23.4. The van der Waals surface area contributed by atoms with Crippen LogP contribution in [0.3, 0.4) is 0 Å². The lowest BCUT2D eigenvalue weighted by Crippen LogP contribution is -2.56. The summed E-state index contributed by atoms with van der Waals surface area (Å²) in [5.41, 5.74) is 1.03. The Labute approximate surface area is 244 Å². The van der Waals surface area contributed by atoms with Gasteiger partial charge in [0.25, 0.3) is 0 Å². The van der Waals surface area contributed by atoms with Crippen molar-refractivity contribution in [1.29, 1.82) is 0 Å². The molecule has 6 atom stereocenters. The zero-order chi connectivity index (χ0) is 29.3. The minimum absolute atomic E-state index is 0.277. The molecule has 3 heterocycles. The average molecular weight is 570 g/mol. The van der Waals surface area contributed by atoms with Gasteiger partial charge in [-0.1, -0.05) is 60.7 Å². The van der Waals surface area contributed by atoms with E-state index in [1.807, 2.05) is 67.6 Å². The minimum Gasteiger partial charge on any atom is -0.494 e. The highest BCUT2D eigenvalue weighted by Crippen LogP contribution is 2.59. The van der Waals surface area contributed by atoms with Gasteiger partial charge in [0.15, 0.2) is 0 Å². The van der Waals surface area contributed by atoms with Crippen molar-refractivity contribution in [3.63, 3.8) is 0 Å². The van der Waals surface area contributed by atoms with Crippen molar-refractivity contribution in [2.45, 2.75) is 50.1 Å². The van der Waals surface area contributed by atoms with Gasteiger partial charge in [0.2, 0.25) is 17.7 Å². The highest BCUT2D eigenvalue weighted by molar-refractivity contribution is 6.02. The number of nitrogens with zero attached hydrogens (tertiary/aromatic N) is 1. The Balaban J connectivity index is 1.32. The van der Waals surface area contributed by atoms with Gasteiger partial charge in [-0.25, -0.2) is 0 Å². The van der Waals surface area contributed by atoms with Crippen LogP contribution in [0.5, 0.6) is 5.75 Å². The van der Waals surface area contributed by atoms with Crippen molar-refractivity contribution in [3.05, 3.63) is 96.1 Å². The molecule has 3 aromatic rings. The summed E-state index contributed by atoms with van der Waals surface area (Å²) < 4.78 is 12.0. The van der Waals surface area contributed by atoms with Crippen molar-refractivity contribution in [1.82, 2.24) is 10.2 Å². The van der Waals surface area contributed by atoms with Crippen LogP contribution >= 0.6 is 0 Å². The van der Waals surface area contributed by atoms with Crippen LogP contribution in [0.25, 0.3) is 0 Å². The van der Waals surface area contributed by atoms with Crippen LogP contribution in [0.1, 0.15) is 36.9 Å². The number of aliphatic hydroxyl groups excluding tert-OH is 1. The fourth-order valence-electron chi connectivity index (χ4n) is 6.96. The predicted molar refractivity (Wildman–Crippen MR) is 155 cm³/mol. The Hall–Kier alpha value is -4.21. The molecule has 0 radical (unpaired) electrons. The van der Waals surface area contributed by atoms with Gasteiger partial charge in [0.05, 0.1) is 37.2 Å². The number of anilines is 1. The fourth-order valence-corrected chi connectivity index (χ4v) is 6.96. The van der Waals surface area contributed by atoms with E-state index in [9.17, 15) is 19.5 Å². The number of amides is 3. The predicted octanol–water partition coefficient (Wildman–Crippen LogP) is 3.45. The second-order valence-corrected chi connectivity index (χ2v) is 11.1. The summed E-state index contributed by atoms with van der Waals surface area (Å²) in [4.78, 5) is 43.6. The first-order valence-corrected chi connectivity index (χ1v) is 14.5. The minimum atomic E-state index is -1.18. The van der Waals surface area contributed by atoms with E-state index in [1.165, 1.54) is 4.90 Å². The summed E-state index contributed by atoms with van der Waals surface area (Å²) in [5.74, 6) is -1.98. The van der Waals surface area contributed by atoms with Gasteiger partial charge in [-0.2, -0.15) is 0 Å². The summed E-state index contributed by atoms with van der Waals surface area (Å²) >= 11 is 0. The first-order valence-electron chi connectivity index (χ1n) is 14.5.